The van der Waals surface area contributed by atoms with E-state index in [1.807, 2.05) is 0 Å². The number of carbonyl (C=O) groups is 1. The second kappa shape index (κ2) is 4.80. The number of carboxylic acid groups (broad SMARTS) is 1. The maximum Gasteiger partial charge on any atom is 0.314 e. The number of rotatable bonds is 3. The lowest BCUT2D eigenvalue weighted by atomic mass is 9.48. The highest BCUT2D eigenvalue weighted by Gasteiger charge is 2.60. The molecule has 1 aromatic carbocycles. The van der Waals surface area contributed by atoms with Gasteiger partial charge in [0.15, 0.2) is 0 Å². The van der Waals surface area contributed by atoms with Crippen molar-refractivity contribution in [2.24, 2.45) is 5.41 Å². The molecule has 3 rings (SSSR count). The van der Waals surface area contributed by atoms with Crippen molar-refractivity contribution in [3.63, 3.8) is 0 Å². The van der Waals surface area contributed by atoms with Gasteiger partial charge in [-0.2, -0.15) is 0 Å². The monoisotopic (exact) mass is 291 g/mol. The van der Waals surface area contributed by atoms with Crippen molar-refractivity contribution in [2.45, 2.75) is 31.1 Å². The van der Waals surface area contributed by atoms with Gasteiger partial charge in [-0.3, -0.25) is 14.9 Å². The molecule has 1 saturated heterocycles. The van der Waals surface area contributed by atoms with Gasteiger partial charge in [0.1, 0.15) is 0 Å². The third kappa shape index (κ3) is 2.19. The summed E-state index contributed by atoms with van der Waals surface area (Å²) in [6.07, 6.45) is 2.83. The predicted octanol–water partition coefficient (Wildman–Crippen LogP) is 2.51. The Hall–Kier alpha value is -1.95. The largest absolute Gasteiger partial charge is 0.481 e. The highest BCUT2D eigenvalue weighted by molar-refractivity contribution is 5.83. The minimum absolute atomic E-state index is 0.0290. The zero-order valence-corrected chi connectivity index (χ0v) is 11.6. The Morgan fingerprint density at radius 3 is 2.52 bits per heavy atom. The zero-order valence-electron chi connectivity index (χ0n) is 11.6. The molecule has 0 unspecified atom stereocenters. The Balaban J connectivity index is 1.92. The molecule has 1 aliphatic heterocycles. The molecule has 1 aliphatic carbocycles. The van der Waals surface area contributed by atoms with Crippen LogP contribution in [0, 0.1) is 15.5 Å². The molecule has 0 aromatic heterocycles. The Kier molecular flexibility index (Phi) is 3.20. The predicted molar refractivity (Wildman–Crippen MR) is 74.1 cm³/mol. The van der Waals surface area contributed by atoms with E-state index in [1.165, 1.54) is 12.1 Å². The second-order valence-electron chi connectivity index (χ2n) is 6.16. The number of hydrogen-bond acceptors (Lipinski definition) is 4. The number of carboxylic acids is 1. The number of hydrogen-bond donors (Lipinski definition) is 1. The molecule has 6 nitrogen and oxygen atoms in total. The van der Waals surface area contributed by atoms with E-state index in [0.717, 1.165) is 12.8 Å². The molecule has 2 fully saturated rings. The number of aliphatic carboxylic acids is 1. The van der Waals surface area contributed by atoms with Crippen LogP contribution in [0.5, 0.6) is 0 Å². The van der Waals surface area contributed by atoms with Gasteiger partial charge < -0.3 is 9.84 Å². The summed E-state index contributed by atoms with van der Waals surface area (Å²) in [4.78, 5) is 22.2. The van der Waals surface area contributed by atoms with Gasteiger partial charge in [0.05, 0.1) is 10.3 Å². The summed E-state index contributed by atoms with van der Waals surface area (Å²) < 4.78 is 5.35. The van der Waals surface area contributed by atoms with Crippen LogP contribution in [0.15, 0.2) is 24.3 Å². The molecule has 1 aromatic rings. The second-order valence-corrected chi connectivity index (χ2v) is 6.16. The van der Waals surface area contributed by atoms with Crippen molar-refractivity contribution < 1.29 is 19.6 Å². The third-order valence-electron chi connectivity index (χ3n) is 4.93. The van der Waals surface area contributed by atoms with Crippen LogP contribution in [0.4, 0.5) is 5.69 Å². The van der Waals surface area contributed by atoms with Crippen molar-refractivity contribution in [1.82, 2.24) is 0 Å². The summed E-state index contributed by atoms with van der Waals surface area (Å²) in [7, 11) is 0. The fraction of sp³-hybridized carbons (Fsp3) is 0.533. The smallest absolute Gasteiger partial charge is 0.314 e. The topological polar surface area (TPSA) is 89.7 Å². The van der Waals surface area contributed by atoms with E-state index in [1.54, 1.807) is 12.1 Å². The summed E-state index contributed by atoms with van der Waals surface area (Å²) in [5.41, 5.74) is -0.465. The summed E-state index contributed by atoms with van der Waals surface area (Å²) in [5.74, 6) is -0.889. The van der Waals surface area contributed by atoms with Crippen molar-refractivity contribution in [3.05, 3.63) is 39.9 Å². The first kappa shape index (κ1) is 14.0. The quantitative estimate of drug-likeness (QED) is 0.682. The standard InChI is InChI=1S/C15H17NO5/c17-13(18)15(9-14(10-15)4-6-21-7-5-14)11-2-1-3-12(8-11)16(19)20/h1-3,8H,4-7,9-10H2,(H,17,18). The van der Waals surface area contributed by atoms with Crippen LogP contribution in [-0.4, -0.2) is 29.2 Å². The van der Waals surface area contributed by atoms with E-state index in [0.29, 0.717) is 31.6 Å². The van der Waals surface area contributed by atoms with Gasteiger partial charge in [-0.15, -0.1) is 0 Å². The van der Waals surface area contributed by atoms with Crippen LogP contribution in [0.3, 0.4) is 0 Å². The molecule has 0 amide bonds. The zero-order chi connectivity index (χ0) is 15.1. The molecule has 1 spiro atoms. The number of benzene rings is 1. The van der Waals surface area contributed by atoms with Crippen molar-refractivity contribution in [1.29, 1.82) is 0 Å². The minimum Gasteiger partial charge on any atom is -0.481 e. The first-order valence-corrected chi connectivity index (χ1v) is 7.04. The minimum atomic E-state index is -0.983. The van der Waals surface area contributed by atoms with E-state index in [-0.39, 0.29) is 11.1 Å². The van der Waals surface area contributed by atoms with Gasteiger partial charge in [0.25, 0.3) is 5.69 Å². The molecule has 0 bridgehead atoms. The lowest BCUT2D eigenvalue weighted by Gasteiger charge is -2.55. The maximum absolute atomic E-state index is 11.8. The summed E-state index contributed by atoms with van der Waals surface area (Å²) in [6, 6.07) is 6.04. The van der Waals surface area contributed by atoms with E-state index >= 15 is 0 Å². The molecule has 0 atom stereocenters. The number of nitro groups is 1. The van der Waals surface area contributed by atoms with Crippen molar-refractivity contribution in [3.8, 4) is 0 Å². The lowest BCUT2D eigenvalue weighted by molar-refractivity contribution is -0.385. The normalized spacial score (nSPS) is 22.5. The Bertz CT molecular complexity index is 583. The number of nitro benzene ring substituents is 1. The van der Waals surface area contributed by atoms with Crippen LogP contribution in [0.2, 0.25) is 0 Å². The van der Waals surface area contributed by atoms with Crippen LogP contribution in [-0.2, 0) is 14.9 Å². The van der Waals surface area contributed by atoms with E-state index < -0.39 is 16.3 Å². The Morgan fingerprint density at radius 1 is 1.29 bits per heavy atom. The Labute approximate surface area is 121 Å². The van der Waals surface area contributed by atoms with Gasteiger partial charge >= 0.3 is 5.97 Å². The fourth-order valence-corrected chi connectivity index (χ4v) is 3.78. The van der Waals surface area contributed by atoms with Gasteiger partial charge in [0.2, 0.25) is 0 Å². The molecule has 1 heterocycles. The molecule has 1 saturated carbocycles. The van der Waals surface area contributed by atoms with Crippen LogP contribution < -0.4 is 0 Å². The van der Waals surface area contributed by atoms with Gasteiger partial charge in [0, 0.05) is 25.3 Å². The van der Waals surface area contributed by atoms with Crippen LogP contribution in [0.1, 0.15) is 31.2 Å². The maximum atomic E-state index is 11.8. The highest BCUT2D eigenvalue weighted by Crippen LogP contribution is 2.60. The molecule has 112 valence electrons. The molecule has 6 heteroatoms. The van der Waals surface area contributed by atoms with Crippen LogP contribution >= 0.6 is 0 Å². The first-order valence-electron chi connectivity index (χ1n) is 7.04. The fourth-order valence-electron chi connectivity index (χ4n) is 3.78. The van der Waals surface area contributed by atoms with Crippen LogP contribution in [0.25, 0.3) is 0 Å². The molecule has 0 radical (unpaired) electrons. The lowest BCUT2D eigenvalue weighted by Crippen LogP contribution is -2.56. The van der Waals surface area contributed by atoms with E-state index in [9.17, 15) is 20.0 Å². The number of ether oxygens (including phenoxy) is 1. The van der Waals surface area contributed by atoms with Crippen molar-refractivity contribution >= 4 is 11.7 Å². The summed E-state index contributed by atoms with van der Waals surface area (Å²) in [5, 5.41) is 20.6. The summed E-state index contributed by atoms with van der Waals surface area (Å²) in [6.45, 7) is 1.34. The van der Waals surface area contributed by atoms with Gasteiger partial charge in [-0.25, -0.2) is 0 Å². The molecule has 1 N–H and O–H groups in total. The number of non-ortho nitro benzene ring substituents is 1. The molecule has 21 heavy (non-hydrogen) atoms. The molecule has 2 aliphatic rings. The first-order chi connectivity index (χ1) is 9.97. The van der Waals surface area contributed by atoms with E-state index in [2.05, 4.69) is 0 Å². The third-order valence-corrected chi connectivity index (χ3v) is 4.93. The average molecular weight is 291 g/mol. The van der Waals surface area contributed by atoms with E-state index in [4.69, 9.17) is 4.74 Å². The average Bonchev–Trinajstić information content (AvgIpc) is 2.45. The SMILES string of the molecule is O=C(O)C1(c2cccc([N+](=O)[O-])c2)CC2(CCOCC2)C1. The Morgan fingerprint density at radius 2 is 1.95 bits per heavy atom. The highest BCUT2D eigenvalue weighted by atomic mass is 16.6. The van der Waals surface area contributed by atoms with Crippen molar-refractivity contribution in [2.75, 3.05) is 13.2 Å². The summed E-state index contributed by atoms with van der Waals surface area (Å²) >= 11 is 0. The molecular weight excluding hydrogens is 274 g/mol. The van der Waals surface area contributed by atoms with Gasteiger partial charge in [-0.1, -0.05) is 12.1 Å². The van der Waals surface area contributed by atoms with Gasteiger partial charge in [-0.05, 0) is 36.7 Å². The molecular formula is C15H17NO5. The number of nitrogens with zero attached hydrogens (tertiary/aromatic N) is 1.